The summed E-state index contributed by atoms with van der Waals surface area (Å²) >= 11 is 1.28. The molecule has 0 amide bonds. The first kappa shape index (κ1) is 20.3. The molecule has 0 aromatic heterocycles. The average Bonchev–Trinajstić information content (AvgIpc) is 2.59. The van der Waals surface area contributed by atoms with Crippen LogP contribution in [0.2, 0.25) is 0 Å². The van der Waals surface area contributed by atoms with Crippen LogP contribution in [0.4, 0.5) is 10.1 Å². The van der Waals surface area contributed by atoms with Gasteiger partial charge < -0.3 is 9.53 Å². The minimum absolute atomic E-state index is 0.0776. The van der Waals surface area contributed by atoms with Gasteiger partial charge in [0.1, 0.15) is 24.3 Å². The van der Waals surface area contributed by atoms with Crippen LogP contribution in [-0.2, 0) is 16.0 Å². The van der Waals surface area contributed by atoms with Crippen molar-refractivity contribution in [1.82, 2.24) is 4.72 Å². The number of hydrogen-bond acceptors (Lipinski definition) is 3. The topological polar surface area (TPSA) is 58.6 Å². The molecule has 8 heteroatoms. The molecule has 1 aromatic rings. The third-order valence-corrected chi connectivity index (χ3v) is 4.58. The van der Waals surface area contributed by atoms with E-state index < -0.39 is 17.0 Å². The predicted octanol–water partition coefficient (Wildman–Crippen LogP) is 3.07. The van der Waals surface area contributed by atoms with Gasteiger partial charge in [0.05, 0.1) is 11.0 Å². The number of halogens is 2. The summed E-state index contributed by atoms with van der Waals surface area (Å²) in [6.45, 7) is 7.10. The molecule has 0 saturated carbocycles. The number of carbonyl (C=O) groups excluding carboxylic acids is 1. The lowest BCUT2D eigenvalue weighted by Crippen LogP contribution is -2.35. The first-order valence-corrected chi connectivity index (χ1v) is 8.75. The van der Waals surface area contributed by atoms with Crippen LogP contribution in [0.15, 0.2) is 53.6 Å². The molecular formula is C16H18BrFN2O3S. The van der Waals surface area contributed by atoms with Crippen molar-refractivity contribution in [2.24, 2.45) is 0 Å². The van der Waals surface area contributed by atoms with Crippen LogP contribution in [-0.4, -0.2) is 30.7 Å². The number of rotatable bonds is 10. The second-order valence-electron chi connectivity index (χ2n) is 4.36. The number of nitrogens with zero attached hydrogens (tertiary/aromatic N) is 1. The first-order valence-electron chi connectivity index (χ1n) is 6.85. The highest BCUT2D eigenvalue weighted by Crippen LogP contribution is 2.36. The Bertz CT molecular complexity index is 680. The second-order valence-corrected chi connectivity index (χ2v) is 6.56. The molecular weight excluding hydrogens is 399 g/mol. The number of ether oxygens (including phenoxy) is 1. The van der Waals surface area contributed by atoms with Crippen molar-refractivity contribution in [3.05, 3.63) is 59.4 Å². The molecule has 0 aliphatic rings. The third kappa shape index (κ3) is 5.12. The molecule has 1 rings (SSSR count). The molecule has 0 heterocycles. The van der Waals surface area contributed by atoms with Crippen LogP contribution in [0, 0.1) is 5.82 Å². The molecule has 24 heavy (non-hydrogen) atoms. The molecule has 0 bridgehead atoms. The number of benzene rings is 1. The zero-order valence-electron chi connectivity index (χ0n) is 13.1. The van der Waals surface area contributed by atoms with Gasteiger partial charge in [-0.15, -0.1) is 0 Å². The van der Waals surface area contributed by atoms with E-state index in [4.69, 9.17) is 4.74 Å². The minimum Gasteiger partial charge on any atom is -0.487 e. The summed E-state index contributed by atoms with van der Waals surface area (Å²) in [6, 6.07) is 3.00. The fourth-order valence-electron chi connectivity index (χ4n) is 1.78. The molecule has 0 fully saturated rings. The fraction of sp³-hybridized carbons (Fsp3) is 0.188. The summed E-state index contributed by atoms with van der Waals surface area (Å²) in [4.78, 5) is 10.9. The lowest BCUT2D eigenvalue weighted by Gasteiger charge is -2.24. The van der Waals surface area contributed by atoms with Gasteiger partial charge >= 0.3 is 0 Å². The van der Waals surface area contributed by atoms with E-state index in [1.165, 1.54) is 19.2 Å². The SMILES string of the molecule is C=C/C=C(\C=C)COc1ccc(Br)c(F)c1N(CC=O)S(=O)NC. The Balaban J connectivity index is 3.30. The van der Waals surface area contributed by atoms with E-state index in [9.17, 15) is 13.4 Å². The number of anilines is 1. The van der Waals surface area contributed by atoms with Crippen molar-refractivity contribution in [2.75, 3.05) is 24.5 Å². The summed E-state index contributed by atoms with van der Waals surface area (Å²) in [5.74, 6) is -0.524. The van der Waals surface area contributed by atoms with Gasteiger partial charge in [-0.25, -0.2) is 13.3 Å². The normalized spacial score (nSPS) is 12.4. The van der Waals surface area contributed by atoms with Crippen molar-refractivity contribution < 1.29 is 18.1 Å². The zero-order valence-corrected chi connectivity index (χ0v) is 15.5. The largest absolute Gasteiger partial charge is 0.487 e. The van der Waals surface area contributed by atoms with E-state index >= 15 is 0 Å². The van der Waals surface area contributed by atoms with Crippen LogP contribution >= 0.6 is 15.9 Å². The number of carbonyl (C=O) groups is 1. The lowest BCUT2D eigenvalue weighted by atomic mass is 10.2. The Morgan fingerprint density at radius 1 is 1.50 bits per heavy atom. The van der Waals surface area contributed by atoms with Crippen LogP contribution < -0.4 is 13.8 Å². The quantitative estimate of drug-likeness (QED) is 0.470. The molecule has 0 radical (unpaired) electrons. The van der Waals surface area contributed by atoms with Crippen LogP contribution in [0.5, 0.6) is 5.75 Å². The van der Waals surface area contributed by atoms with Crippen molar-refractivity contribution in [3.63, 3.8) is 0 Å². The highest BCUT2D eigenvalue weighted by molar-refractivity contribution is 9.10. The summed E-state index contributed by atoms with van der Waals surface area (Å²) in [7, 11) is 1.44. The van der Waals surface area contributed by atoms with Crippen molar-refractivity contribution in [2.45, 2.75) is 0 Å². The number of allylic oxidation sites excluding steroid dienone is 2. The highest BCUT2D eigenvalue weighted by Gasteiger charge is 2.23. The molecule has 1 N–H and O–H groups in total. The Kier molecular flexibility index (Phi) is 8.59. The highest BCUT2D eigenvalue weighted by atomic mass is 79.9. The molecule has 5 nitrogen and oxygen atoms in total. The molecule has 1 unspecified atom stereocenters. The molecule has 0 saturated heterocycles. The van der Waals surface area contributed by atoms with E-state index in [0.717, 1.165) is 9.88 Å². The number of aldehydes is 1. The van der Waals surface area contributed by atoms with Gasteiger partial charge in [0.15, 0.2) is 17.0 Å². The maximum absolute atomic E-state index is 14.6. The molecule has 0 aliphatic carbocycles. The number of nitrogens with one attached hydrogen (secondary N) is 1. The first-order chi connectivity index (χ1) is 11.5. The van der Waals surface area contributed by atoms with E-state index in [-0.39, 0.29) is 29.1 Å². The van der Waals surface area contributed by atoms with Gasteiger partial charge in [0, 0.05) is 0 Å². The smallest absolute Gasteiger partial charge is 0.196 e. The lowest BCUT2D eigenvalue weighted by molar-refractivity contribution is -0.106. The van der Waals surface area contributed by atoms with Crippen molar-refractivity contribution in [1.29, 1.82) is 0 Å². The Labute approximate surface area is 151 Å². The fourth-order valence-corrected chi connectivity index (χ4v) is 2.85. The van der Waals surface area contributed by atoms with E-state index in [0.29, 0.717) is 6.29 Å². The Hall–Kier alpha value is -1.77. The van der Waals surface area contributed by atoms with Gasteiger partial charge in [0.25, 0.3) is 0 Å². The third-order valence-electron chi connectivity index (χ3n) is 2.89. The van der Waals surface area contributed by atoms with Crippen LogP contribution in [0.1, 0.15) is 0 Å². The molecule has 0 spiro atoms. The van der Waals surface area contributed by atoms with Gasteiger partial charge in [-0.2, -0.15) is 0 Å². The van der Waals surface area contributed by atoms with E-state index in [1.54, 1.807) is 18.2 Å². The average molecular weight is 417 g/mol. The van der Waals surface area contributed by atoms with Gasteiger partial charge in [-0.1, -0.05) is 31.4 Å². The summed E-state index contributed by atoms with van der Waals surface area (Å²) in [5.41, 5.74) is 0.655. The Morgan fingerprint density at radius 3 is 2.75 bits per heavy atom. The monoisotopic (exact) mass is 416 g/mol. The maximum Gasteiger partial charge on any atom is 0.196 e. The summed E-state index contributed by atoms with van der Waals surface area (Å²) < 4.78 is 36.0. The van der Waals surface area contributed by atoms with E-state index in [2.05, 4.69) is 33.8 Å². The van der Waals surface area contributed by atoms with Crippen LogP contribution in [0.3, 0.4) is 0 Å². The molecule has 1 aromatic carbocycles. The van der Waals surface area contributed by atoms with Gasteiger partial charge in [-0.3, -0.25) is 4.31 Å². The van der Waals surface area contributed by atoms with Gasteiger partial charge in [0.2, 0.25) is 0 Å². The number of hydrogen-bond donors (Lipinski definition) is 1. The maximum atomic E-state index is 14.6. The zero-order chi connectivity index (χ0) is 18.1. The standard InChI is InChI=1S/C16H18BrFN2O3S/c1-4-6-12(5-2)11-23-14-8-7-13(17)15(18)16(14)20(9-10-21)24(22)19-3/h4-8,10,19H,1-2,9,11H2,3H3/b12-6+. The Morgan fingerprint density at radius 2 is 2.21 bits per heavy atom. The van der Waals surface area contributed by atoms with Crippen LogP contribution in [0.25, 0.3) is 0 Å². The molecule has 1 atom stereocenters. The predicted molar refractivity (Wildman–Crippen MR) is 98.7 cm³/mol. The van der Waals surface area contributed by atoms with Crippen molar-refractivity contribution >= 4 is 39.1 Å². The van der Waals surface area contributed by atoms with Gasteiger partial charge in [-0.05, 0) is 40.7 Å². The van der Waals surface area contributed by atoms with E-state index in [1.807, 2.05) is 0 Å². The molecule has 130 valence electrons. The second kappa shape index (κ2) is 10.2. The summed E-state index contributed by atoms with van der Waals surface area (Å²) in [5, 5.41) is 0. The summed E-state index contributed by atoms with van der Waals surface area (Å²) in [6.07, 6.45) is 5.41. The minimum atomic E-state index is -1.80. The molecule has 0 aliphatic heterocycles. The van der Waals surface area contributed by atoms with Crippen molar-refractivity contribution in [3.8, 4) is 5.75 Å².